The SMILES string of the molecule is Cc1cc(C(O)c2ccc(F)c(F)c2)nc2ccccc12. The lowest BCUT2D eigenvalue weighted by Crippen LogP contribution is -2.04. The monoisotopic (exact) mass is 285 g/mol. The summed E-state index contributed by atoms with van der Waals surface area (Å²) in [4.78, 5) is 4.40. The summed E-state index contributed by atoms with van der Waals surface area (Å²) in [6.07, 6.45) is -1.09. The van der Waals surface area contributed by atoms with E-state index in [1.54, 1.807) is 6.07 Å². The van der Waals surface area contributed by atoms with E-state index in [0.29, 0.717) is 5.69 Å². The van der Waals surface area contributed by atoms with Gasteiger partial charge in [0.1, 0.15) is 6.10 Å². The first-order valence-corrected chi connectivity index (χ1v) is 6.55. The highest BCUT2D eigenvalue weighted by Crippen LogP contribution is 2.26. The lowest BCUT2D eigenvalue weighted by atomic mass is 10.0. The van der Waals surface area contributed by atoms with Gasteiger partial charge in [0.25, 0.3) is 0 Å². The van der Waals surface area contributed by atoms with Crippen molar-refractivity contribution in [3.05, 3.63) is 77.0 Å². The van der Waals surface area contributed by atoms with E-state index >= 15 is 0 Å². The van der Waals surface area contributed by atoms with Gasteiger partial charge in [-0.3, -0.25) is 0 Å². The van der Waals surface area contributed by atoms with Gasteiger partial charge in [0.15, 0.2) is 11.6 Å². The van der Waals surface area contributed by atoms with Crippen LogP contribution in [0.3, 0.4) is 0 Å². The zero-order valence-corrected chi connectivity index (χ0v) is 11.3. The third-order valence-corrected chi connectivity index (χ3v) is 3.48. The molecule has 1 N–H and O–H groups in total. The number of halogens is 2. The van der Waals surface area contributed by atoms with Crippen LogP contribution in [0.5, 0.6) is 0 Å². The molecule has 2 nitrogen and oxygen atoms in total. The lowest BCUT2D eigenvalue weighted by molar-refractivity contribution is 0.215. The Kier molecular flexibility index (Phi) is 3.39. The number of aliphatic hydroxyl groups is 1. The van der Waals surface area contributed by atoms with E-state index in [1.165, 1.54) is 6.07 Å². The van der Waals surface area contributed by atoms with Crippen molar-refractivity contribution in [3.8, 4) is 0 Å². The fourth-order valence-corrected chi connectivity index (χ4v) is 2.37. The Hall–Kier alpha value is -2.33. The maximum absolute atomic E-state index is 13.3. The van der Waals surface area contributed by atoms with E-state index in [0.717, 1.165) is 28.6 Å². The summed E-state index contributed by atoms with van der Waals surface area (Å²) in [7, 11) is 0. The van der Waals surface area contributed by atoms with Crippen LogP contribution in [0.1, 0.15) is 22.9 Å². The molecule has 0 radical (unpaired) electrons. The molecule has 1 unspecified atom stereocenters. The minimum Gasteiger partial charge on any atom is -0.382 e. The molecule has 2 aromatic carbocycles. The van der Waals surface area contributed by atoms with Gasteiger partial charge in [-0.05, 0) is 42.3 Å². The molecule has 0 aliphatic carbocycles. The summed E-state index contributed by atoms with van der Waals surface area (Å²) in [6.45, 7) is 1.92. The normalized spacial score (nSPS) is 12.6. The van der Waals surface area contributed by atoms with Gasteiger partial charge in [-0.25, -0.2) is 13.8 Å². The number of rotatable bonds is 2. The lowest BCUT2D eigenvalue weighted by Gasteiger charge is -2.13. The fourth-order valence-electron chi connectivity index (χ4n) is 2.37. The number of aromatic nitrogens is 1. The molecule has 0 bridgehead atoms. The molecule has 1 aromatic heterocycles. The molecule has 4 heteroatoms. The second-order valence-corrected chi connectivity index (χ2v) is 4.96. The Morgan fingerprint density at radius 1 is 1.00 bits per heavy atom. The van der Waals surface area contributed by atoms with Crippen LogP contribution in [0, 0.1) is 18.6 Å². The maximum Gasteiger partial charge on any atom is 0.159 e. The molecule has 0 saturated carbocycles. The maximum atomic E-state index is 13.3. The highest BCUT2D eigenvalue weighted by atomic mass is 19.2. The smallest absolute Gasteiger partial charge is 0.159 e. The predicted octanol–water partition coefficient (Wildman–Crippen LogP) is 3.90. The van der Waals surface area contributed by atoms with Crippen LogP contribution in [0.15, 0.2) is 48.5 Å². The van der Waals surface area contributed by atoms with Crippen molar-refractivity contribution in [2.45, 2.75) is 13.0 Å². The summed E-state index contributed by atoms with van der Waals surface area (Å²) < 4.78 is 26.2. The van der Waals surface area contributed by atoms with Gasteiger partial charge in [0, 0.05) is 5.39 Å². The van der Waals surface area contributed by atoms with Crippen LogP contribution in [0.2, 0.25) is 0 Å². The van der Waals surface area contributed by atoms with E-state index < -0.39 is 17.7 Å². The number of hydrogen-bond acceptors (Lipinski definition) is 2. The van der Waals surface area contributed by atoms with Crippen LogP contribution in [0.4, 0.5) is 8.78 Å². The Morgan fingerprint density at radius 3 is 2.52 bits per heavy atom. The molecule has 106 valence electrons. The molecule has 21 heavy (non-hydrogen) atoms. The molecule has 3 aromatic rings. The van der Waals surface area contributed by atoms with E-state index in [1.807, 2.05) is 31.2 Å². The van der Waals surface area contributed by atoms with Crippen LogP contribution in [-0.4, -0.2) is 10.1 Å². The number of para-hydroxylation sites is 1. The number of pyridine rings is 1. The topological polar surface area (TPSA) is 33.1 Å². The Morgan fingerprint density at radius 2 is 1.76 bits per heavy atom. The van der Waals surface area contributed by atoms with Crippen molar-refractivity contribution in [3.63, 3.8) is 0 Å². The van der Waals surface area contributed by atoms with Crippen LogP contribution in [0.25, 0.3) is 10.9 Å². The third-order valence-electron chi connectivity index (χ3n) is 3.48. The molecular weight excluding hydrogens is 272 g/mol. The Bertz CT molecular complexity index is 817. The summed E-state index contributed by atoms with van der Waals surface area (Å²) in [5.74, 6) is -1.92. The number of fused-ring (bicyclic) bond motifs is 1. The van der Waals surface area contributed by atoms with E-state index in [2.05, 4.69) is 4.98 Å². The number of benzene rings is 2. The molecule has 0 spiro atoms. The van der Waals surface area contributed by atoms with Gasteiger partial charge >= 0.3 is 0 Å². The molecule has 0 aliphatic heterocycles. The van der Waals surface area contributed by atoms with E-state index in [4.69, 9.17) is 0 Å². The summed E-state index contributed by atoms with van der Waals surface area (Å²) in [6, 6.07) is 12.7. The van der Waals surface area contributed by atoms with Gasteiger partial charge in [-0.15, -0.1) is 0 Å². The van der Waals surface area contributed by atoms with Crippen LogP contribution in [-0.2, 0) is 0 Å². The minimum absolute atomic E-state index is 0.274. The first-order chi connectivity index (χ1) is 10.1. The minimum atomic E-state index is -1.09. The van der Waals surface area contributed by atoms with E-state index in [9.17, 15) is 13.9 Å². The van der Waals surface area contributed by atoms with Crippen molar-refractivity contribution in [2.24, 2.45) is 0 Å². The zero-order valence-electron chi connectivity index (χ0n) is 11.3. The van der Waals surface area contributed by atoms with Crippen molar-refractivity contribution in [1.82, 2.24) is 4.98 Å². The third kappa shape index (κ3) is 2.50. The van der Waals surface area contributed by atoms with Crippen LogP contribution >= 0.6 is 0 Å². The second-order valence-electron chi connectivity index (χ2n) is 4.96. The number of aliphatic hydroxyl groups excluding tert-OH is 1. The molecular formula is C17H13F2NO. The molecule has 1 heterocycles. The molecule has 1 atom stereocenters. The van der Waals surface area contributed by atoms with Crippen molar-refractivity contribution >= 4 is 10.9 Å². The average molecular weight is 285 g/mol. The highest BCUT2D eigenvalue weighted by Gasteiger charge is 2.15. The molecule has 3 rings (SSSR count). The first kappa shape index (κ1) is 13.6. The summed E-state index contributed by atoms with van der Waals surface area (Å²) >= 11 is 0. The average Bonchev–Trinajstić information content (AvgIpc) is 2.49. The number of nitrogens with zero attached hydrogens (tertiary/aromatic N) is 1. The molecule has 0 saturated heterocycles. The molecule has 0 fully saturated rings. The summed E-state index contributed by atoms with van der Waals surface area (Å²) in [5, 5.41) is 11.3. The Labute approximate surface area is 120 Å². The molecule has 0 aliphatic rings. The van der Waals surface area contributed by atoms with Gasteiger partial charge in [0.2, 0.25) is 0 Å². The Balaban J connectivity index is 2.08. The summed E-state index contributed by atoms with van der Waals surface area (Å²) in [5.41, 5.74) is 2.42. The van der Waals surface area contributed by atoms with Gasteiger partial charge in [-0.2, -0.15) is 0 Å². The quantitative estimate of drug-likeness (QED) is 0.774. The van der Waals surface area contributed by atoms with Gasteiger partial charge < -0.3 is 5.11 Å². The fraction of sp³-hybridized carbons (Fsp3) is 0.118. The highest BCUT2D eigenvalue weighted by molar-refractivity contribution is 5.82. The first-order valence-electron chi connectivity index (χ1n) is 6.55. The zero-order chi connectivity index (χ0) is 15.0. The van der Waals surface area contributed by atoms with E-state index in [-0.39, 0.29) is 5.56 Å². The predicted molar refractivity (Wildman–Crippen MR) is 76.9 cm³/mol. The van der Waals surface area contributed by atoms with Crippen molar-refractivity contribution in [2.75, 3.05) is 0 Å². The number of hydrogen-bond donors (Lipinski definition) is 1. The molecule has 0 amide bonds. The standard InChI is InChI=1S/C17H13F2NO/c1-10-8-16(20-15-5-3-2-4-12(10)15)17(21)11-6-7-13(18)14(19)9-11/h2-9,17,21H,1H3. The van der Waals surface area contributed by atoms with Crippen molar-refractivity contribution < 1.29 is 13.9 Å². The van der Waals surface area contributed by atoms with Gasteiger partial charge in [0.05, 0.1) is 11.2 Å². The van der Waals surface area contributed by atoms with Crippen molar-refractivity contribution in [1.29, 1.82) is 0 Å². The van der Waals surface area contributed by atoms with Crippen LogP contribution < -0.4 is 0 Å². The van der Waals surface area contributed by atoms with Gasteiger partial charge in [-0.1, -0.05) is 24.3 Å². The second kappa shape index (κ2) is 5.22. The number of aryl methyl sites for hydroxylation is 1. The largest absolute Gasteiger partial charge is 0.382 e.